The van der Waals surface area contributed by atoms with Gasteiger partial charge in [-0.1, -0.05) is 53.7 Å². The van der Waals surface area contributed by atoms with Gasteiger partial charge in [0, 0.05) is 5.56 Å². The van der Waals surface area contributed by atoms with Crippen LogP contribution in [-0.4, -0.2) is 29.5 Å². The Morgan fingerprint density at radius 2 is 2.15 bits per heavy atom. The molecule has 20 heavy (non-hydrogen) atoms. The maximum Gasteiger partial charge on any atom is 0.339 e. The lowest BCUT2D eigenvalue weighted by Gasteiger charge is -2.23. The van der Waals surface area contributed by atoms with E-state index in [1.165, 1.54) is 11.8 Å². The second-order valence-corrected chi connectivity index (χ2v) is 5.21. The van der Waals surface area contributed by atoms with Crippen LogP contribution in [0, 0.1) is 0 Å². The van der Waals surface area contributed by atoms with Crippen molar-refractivity contribution in [2.24, 2.45) is 4.99 Å². The first-order valence-corrected chi connectivity index (χ1v) is 7.83. The van der Waals surface area contributed by atoms with Crippen molar-refractivity contribution in [3.63, 3.8) is 0 Å². The summed E-state index contributed by atoms with van der Waals surface area (Å²) in [6.45, 7) is 2.06. The summed E-state index contributed by atoms with van der Waals surface area (Å²) in [4.78, 5) is 16.6. The number of carbonyl (C=O) groups is 1. The molecule has 106 valence electrons. The topological polar surface area (TPSA) is 50.7 Å². The minimum atomic E-state index is -0.649. The molecule has 1 aromatic rings. The number of amidine groups is 1. The van der Waals surface area contributed by atoms with Crippen LogP contribution < -0.4 is 5.32 Å². The van der Waals surface area contributed by atoms with Crippen molar-refractivity contribution in [3.05, 3.63) is 41.5 Å². The number of nitrogens with one attached hydrogen (secondary N) is 1. The van der Waals surface area contributed by atoms with Gasteiger partial charge < -0.3 is 10.1 Å². The van der Waals surface area contributed by atoms with Crippen LogP contribution in [0.15, 0.2) is 40.9 Å². The molecule has 1 atom stereocenters. The predicted molar refractivity (Wildman–Crippen MR) is 83.7 cm³/mol. The fourth-order valence-corrected chi connectivity index (χ4v) is 2.60. The van der Waals surface area contributed by atoms with E-state index in [-0.39, 0.29) is 0 Å². The Balaban J connectivity index is 2.53. The SMILES string of the molecule is CCOC(=O)C1=C(c2ccccc2)N=C(SC)NC1Cl. The Kier molecular flexibility index (Phi) is 5.09. The van der Waals surface area contributed by atoms with Gasteiger partial charge >= 0.3 is 5.97 Å². The number of nitrogens with zero attached hydrogens (tertiary/aromatic N) is 1. The fourth-order valence-electron chi connectivity index (χ4n) is 1.82. The normalized spacial score (nSPS) is 18.4. The van der Waals surface area contributed by atoms with E-state index < -0.39 is 11.5 Å². The second-order valence-electron chi connectivity index (χ2n) is 3.98. The molecule has 0 spiro atoms. The van der Waals surface area contributed by atoms with E-state index in [9.17, 15) is 4.79 Å². The van der Waals surface area contributed by atoms with Crippen LogP contribution in [0.3, 0.4) is 0 Å². The minimum Gasteiger partial charge on any atom is -0.462 e. The Bertz CT molecular complexity index is 558. The number of benzene rings is 1. The first-order chi connectivity index (χ1) is 9.67. The molecule has 1 N–H and O–H groups in total. The van der Waals surface area contributed by atoms with Crippen LogP contribution >= 0.6 is 23.4 Å². The van der Waals surface area contributed by atoms with E-state index in [1.807, 2.05) is 36.6 Å². The maximum atomic E-state index is 12.1. The van der Waals surface area contributed by atoms with E-state index in [4.69, 9.17) is 16.3 Å². The molecule has 0 saturated heterocycles. The number of hydrogen-bond donors (Lipinski definition) is 1. The van der Waals surface area contributed by atoms with E-state index >= 15 is 0 Å². The van der Waals surface area contributed by atoms with Gasteiger partial charge in [0.05, 0.1) is 12.3 Å². The molecule has 0 bridgehead atoms. The van der Waals surface area contributed by atoms with Gasteiger partial charge in [-0.05, 0) is 13.2 Å². The van der Waals surface area contributed by atoms with E-state index in [2.05, 4.69) is 10.3 Å². The zero-order chi connectivity index (χ0) is 14.5. The van der Waals surface area contributed by atoms with Gasteiger partial charge in [-0.25, -0.2) is 9.79 Å². The van der Waals surface area contributed by atoms with Crippen LogP contribution in [0.1, 0.15) is 12.5 Å². The molecule has 1 aromatic carbocycles. The van der Waals surface area contributed by atoms with Crippen molar-refractivity contribution in [1.29, 1.82) is 0 Å². The van der Waals surface area contributed by atoms with Gasteiger partial charge in [0.1, 0.15) is 11.1 Å². The van der Waals surface area contributed by atoms with Crippen molar-refractivity contribution in [2.45, 2.75) is 12.4 Å². The Morgan fingerprint density at radius 3 is 2.75 bits per heavy atom. The monoisotopic (exact) mass is 310 g/mol. The molecular formula is C14H15ClN2O2S. The highest BCUT2D eigenvalue weighted by Crippen LogP contribution is 2.29. The molecule has 0 amide bonds. The van der Waals surface area contributed by atoms with Crippen molar-refractivity contribution >= 4 is 40.2 Å². The number of hydrogen-bond acceptors (Lipinski definition) is 5. The molecule has 0 fully saturated rings. The zero-order valence-corrected chi connectivity index (χ0v) is 12.8. The summed E-state index contributed by atoms with van der Waals surface area (Å²) in [5, 5.41) is 3.65. The first-order valence-electron chi connectivity index (χ1n) is 6.17. The van der Waals surface area contributed by atoms with Crippen molar-refractivity contribution in [1.82, 2.24) is 5.32 Å². The summed E-state index contributed by atoms with van der Waals surface area (Å²) >= 11 is 7.71. The quantitative estimate of drug-likeness (QED) is 0.530. The van der Waals surface area contributed by atoms with E-state index in [0.717, 1.165) is 5.56 Å². The van der Waals surface area contributed by atoms with Gasteiger partial charge in [0.15, 0.2) is 5.17 Å². The summed E-state index contributed by atoms with van der Waals surface area (Å²) in [5.74, 6) is -0.442. The molecule has 6 heteroatoms. The molecule has 0 radical (unpaired) electrons. The fraction of sp³-hybridized carbons (Fsp3) is 0.286. The molecule has 4 nitrogen and oxygen atoms in total. The Labute approximate surface area is 127 Å². The summed E-state index contributed by atoms with van der Waals surface area (Å²) in [6.07, 6.45) is 1.90. The van der Waals surface area contributed by atoms with Crippen molar-refractivity contribution < 1.29 is 9.53 Å². The van der Waals surface area contributed by atoms with E-state index in [0.29, 0.717) is 23.0 Å². The maximum absolute atomic E-state index is 12.1. The standard InChI is InChI=1S/C14H15ClN2O2S/c1-3-19-13(18)10-11(9-7-5-4-6-8-9)16-14(20-2)17-12(10)15/h4-8,12H,3H2,1-2H3,(H,16,17). The van der Waals surface area contributed by atoms with Crippen LogP contribution in [-0.2, 0) is 9.53 Å². The summed E-state index contributed by atoms with van der Waals surface area (Å²) in [7, 11) is 0. The molecule has 1 unspecified atom stereocenters. The number of aliphatic imine (C=N–C) groups is 1. The van der Waals surface area contributed by atoms with Crippen molar-refractivity contribution in [3.8, 4) is 0 Å². The number of halogens is 1. The van der Waals surface area contributed by atoms with E-state index in [1.54, 1.807) is 6.92 Å². The Hall–Kier alpha value is -1.46. The number of carbonyl (C=O) groups excluding carboxylic acids is 1. The smallest absolute Gasteiger partial charge is 0.339 e. The van der Waals surface area contributed by atoms with Crippen LogP contribution in [0.4, 0.5) is 0 Å². The number of thioether (sulfide) groups is 1. The number of rotatable bonds is 3. The number of ether oxygens (including phenoxy) is 1. The summed E-state index contributed by atoms with van der Waals surface area (Å²) < 4.78 is 5.08. The largest absolute Gasteiger partial charge is 0.462 e. The molecule has 0 aliphatic carbocycles. The third kappa shape index (κ3) is 3.16. The first kappa shape index (κ1) is 14.9. The van der Waals surface area contributed by atoms with Gasteiger partial charge in [-0.15, -0.1) is 0 Å². The average molecular weight is 311 g/mol. The second kappa shape index (κ2) is 6.81. The lowest BCUT2D eigenvalue weighted by atomic mass is 10.1. The zero-order valence-electron chi connectivity index (χ0n) is 11.2. The molecule has 1 heterocycles. The molecule has 1 aliphatic heterocycles. The average Bonchev–Trinajstić information content (AvgIpc) is 2.47. The summed E-state index contributed by atoms with van der Waals surface area (Å²) in [5.41, 5.74) is 1.10. The highest BCUT2D eigenvalue weighted by atomic mass is 35.5. The van der Waals surface area contributed by atoms with Gasteiger partial charge in [-0.2, -0.15) is 0 Å². The third-order valence-corrected chi connectivity index (χ3v) is 3.63. The van der Waals surface area contributed by atoms with Gasteiger partial charge in [0.2, 0.25) is 0 Å². The lowest BCUT2D eigenvalue weighted by Crippen LogP contribution is -2.37. The summed E-state index contributed by atoms with van der Waals surface area (Å²) in [6, 6.07) is 9.48. The number of esters is 1. The molecule has 0 aromatic heterocycles. The number of alkyl halides is 1. The predicted octanol–water partition coefficient (Wildman–Crippen LogP) is 2.85. The molecule has 1 aliphatic rings. The molecule has 0 saturated carbocycles. The van der Waals surface area contributed by atoms with Crippen LogP contribution in [0.25, 0.3) is 5.70 Å². The van der Waals surface area contributed by atoms with Crippen LogP contribution in [0.2, 0.25) is 0 Å². The van der Waals surface area contributed by atoms with Gasteiger partial charge in [-0.3, -0.25) is 0 Å². The molecular weight excluding hydrogens is 296 g/mol. The molecule has 2 rings (SSSR count). The highest BCUT2D eigenvalue weighted by molar-refractivity contribution is 8.13. The van der Waals surface area contributed by atoms with Crippen molar-refractivity contribution in [2.75, 3.05) is 12.9 Å². The highest BCUT2D eigenvalue weighted by Gasteiger charge is 2.29. The minimum absolute atomic E-state index is 0.299. The van der Waals surface area contributed by atoms with Crippen LogP contribution in [0.5, 0.6) is 0 Å². The Morgan fingerprint density at radius 1 is 1.45 bits per heavy atom. The van der Waals surface area contributed by atoms with Gasteiger partial charge in [0.25, 0.3) is 0 Å². The lowest BCUT2D eigenvalue weighted by molar-refractivity contribution is -0.138. The third-order valence-electron chi connectivity index (χ3n) is 2.71.